The number of benzene rings is 1. The van der Waals surface area contributed by atoms with Crippen molar-refractivity contribution in [2.45, 2.75) is 52.0 Å². The molecule has 25 heavy (non-hydrogen) atoms. The molecule has 3 N–H and O–H groups in total. The molecule has 5 nitrogen and oxygen atoms in total. The number of hydrogen-bond donors (Lipinski definition) is 2. The van der Waals surface area contributed by atoms with Crippen molar-refractivity contribution in [3.05, 3.63) is 35.9 Å². The van der Waals surface area contributed by atoms with E-state index < -0.39 is 0 Å². The van der Waals surface area contributed by atoms with Crippen LogP contribution in [0.4, 0.5) is 0 Å². The van der Waals surface area contributed by atoms with Gasteiger partial charge >= 0.3 is 0 Å². The van der Waals surface area contributed by atoms with Crippen LogP contribution in [-0.4, -0.2) is 29.6 Å². The van der Waals surface area contributed by atoms with Crippen molar-refractivity contribution in [3.8, 4) is 5.88 Å². The fourth-order valence-corrected chi connectivity index (χ4v) is 2.81. The Morgan fingerprint density at radius 3 is 2.60 bits per heavy atom. The molecular formula is C20H29N3O2. The summed E-state index contributed by atoms with van der Waals surface area (Å²) in [5.41, 5.74) is 6.88. The van der Waals surface area contributed by atoms with Gasteiger partial charge in [-0.25, -0.2) is 4.98 Å². The third kappa shape index (κ3) is 4.48. The lowest BCUT2D eigenvalue weighted by Crippen LogP contribution is -2.52. The number of amides is 1. The van der Waals surface area contributed by atoms with Gasteiger partial charge in [-0.3, -0.25) is 4.79 Å². The van der Waals surface area contributed by atoms with E-state index in [0.29, 0.717) is 24.6 Å². The maximum Gasteiger partial charge on any atom is 0.252 e. The van der Waals surface area contributed by atoms with Crippen LogP contribution in [0.1, 0.15) is 56.8 Å². The molecule has 0 saturated carbocycles. The SMILES string of the molecule is CCCCOc1cc(C(=O)NC(CC)(CC)CN)c2ccccc2n1. The van der Waals surface area contributed by atoms with E-state index in [0.717, 1.165) is 36.6 Å². The molecule has 0 aliphatic rings. The van der Waals surface area contributed by atoms with Gasteiger partial charge in [0.1, 0.15) is 0 Å². The molecule has 0 bridgehead atoms. The van der Waals surface area contributed by atoms with Gasteiger partial charge in [0.25, 0.3) is 5.91 Å². The van der Waals surface area contributed by atoms with Crippen LogP contribution in [0.25, 0.3) is 10.9 Å². The number of nitrogens with two attached hydrogens (primary N) is 1. The van der Waals surface area contributed by atoms with Gasteiger partial charge in [-0.15, -0.1) is 0 Å². The average molecular weight is 343 g/mol. The molecule has 2 rings (SSSR count). The Labute approximate surface area is 150 Å². The van der Waals surface area contributed by atoms with E-state index in [1.165, 1.54) is 0 Å². The van der Waals surface area contributed by atoms with Crippen molar-refractivity contribution in [3.63, 3.8) is 0 Å². The second kappa shape index (κ2) is 8.81. The smallest absolute Gasteiger partial charge is 0.252 e. The molecule has 0 aliphatic carbocycles. The number of ether oxygens (including phenoxy) is 1. The van der Waals surface area contributed by atoms with Gasteiger partial charge in [-0.05, 0) is 25.3 Å². The Balaban J connectivity index is 2.38. The number of fused-ring (bicyclic) bond motifs is 1. The zero-order chi connectivity index (χ0) is 18.3. The number of hydrogen-bond acceptors (Lipinski definition) is 4. The van der Waals surface area contributed by atoms with Crippen molar-refractivity contribution in [1.29, 1.82) is 0 Å². The molecule has 0 unspecified atom stereocenters. The molecule has 0 fully saturated rings. The number of carbonyl (C=O) groups excluding carboxylic acids is 1. The fourth-order valence-electron chi connectivity index (χ4n) is 2.81. The van der Waals surface area contributed by atoms with E-state index in [1.807, 2.05) is 38.1 Å². The number of nitrogens with one attached hydrogen (secondary N) is 1. The van der Waals surface area contributed by atoms with Gasteiger partial charge in [-0.1, -0.05) is 45.4 Å². The zero-order valence-electron chi connectivity index (χ0n) is 15.5. The lowest BCUT2D eigenvalue weighted by atomic mass is 9.92. The minimum atomic E-state index is -0.384. The summed E-state index contributed by atoms with van der Waals surface area (Å²) in [5.74, 6) is 0.358. The van der Waals surface area contributed by atoms with Gasteiger partial charge in [0.2, 0.25) is 5.88 Å². The normalized spacial score (nSPS) is 11.5. The highest BCUT2D eigenvalue weighted by Crippen LogP contribution is 2.24. The quantitative estimate of drug-likeness (QED) is 0.681. The van der Waals surface area contributed by atoms with Crippen LogP contribution in [-0.2, 0) is 0 Å². The third-order valence-corrected chi connectivity index (χ3v) is 4.81. The van der Waals surface area contributed by atoms with Crippen molar-refractivity contribution in [2.24, 2.45) is 5.73 Å². The molecule has 5 heteroatoms. The van der Waals surface area contributed by atoms with E-state index in [-0.39, 0.29) is 11.4 Å². The second-order valence-corrected chi connectivity index (χ2v) is 6.37. The zero-order valence-corrected chi connectivity index (χ0v) is 15.5. The molecule has 136 valence electrons. The highest BCUT2D eigenvalue weighted by Gasteiger charge is 2.27. The van der Waals surface area contributed by atoms with Crippen LogP contribution >= 0.6 is 0 Å². The van der Waals surface area contributed by atoms with E-state index in [2.05, 4.69) is 17.2 Å². The third-order valence-electron chi connectivity index (χ3n) is 4.81. The standard InChI is InChI=1S/C20H29N3O2/c1-4-7-12-25-18-13-16(15-10-8-9-11-17(15)22-18)19(24)23-20(5-2,6-3)14-21/h8-11,13H,4-7,12,14,21H2,1-3H3,(H,23,24). The summed E-state index contributed by atoms with van der Waals surface area (Å²) in [4.78, 5) is 17.5. The minimum Gasteiger partial charge on any atom is -0.478 e. The molecule has 2 aromatic rings. The van der Waals surface area contributed by atoms with E-state index in [9.17, 15) is 4.79 Å². The van der Waals surface area contributed by atoms with Crippen molar-refractivity contribution in [2.75, 3.05) is 13.2 Å². The maximum absolute atomic E-state index is 13.0. The molecule has 0 saturated heterocycles. The number of rotatable bonds is 9. The first kappa shape index (κ1) is 19.2. The lowest BCUT2D eigenvalue weighted by molar-refractivity contribution is 0.0896. The van der Waals surface area contributed by atoms with Crippen molar-refractivity contribution >= 4 is 16.8 Å². The van der Waals surface area contributed by atoms with Gasteiger partial charge in [0, 0.05) is 18.0 Å². The predicted octanol–water partition coefficient (Wildman–Crippen LogP) is 3.66. The Morgan fingerprint density at radius 2 is 1.96 bits per heavy atom. The van der Waals surface area contributed by atoms with Crippen molar-refractivity contribution in [1.82, 2.24) is 10.3 Å². The molecular weight excluding hydrogens is 314 g/mol. The average Bonchev–Trinajstić information content (AvgIpc) is 2.65. The van der Waals surface area contributed by atoms with Crippen LogP contribution in [0, 0.1) is 0 Å². The molecule has 0 radical (unpaired) electrons. The molecule has 0 atom stereocenters. The summed E-state index contributed by atoms with van der Waals surface area (Å²) in [6, 6.07) is 9.37. The van der Waals surface area contributed by atoms with Crippen LogP contribution in [0.2, 0.25) is 0 Å². The lowest BCUT2D eigenvalue weighted by Gasteiger charge is -2.31. The molecule has 0 spiro atoms. The highest BCUT2D eigenvalue weighted by atomic mass is 16.5. The Bertz CT molecular complexity index is 703. The topological polar surface area (TPSA) is 77.2 Å². The Hall–Kier alpha value is -2.14. The maximum atomic E-state index is 13.0. The minimum absolute atomic E-state index is 0.131. The summed E-state index contributed by atoms with van der Waals surface area (Å²) in [5, 5.41) is 3.96. The molecule has 1 heterocycles. The molecule has 1 aromatic heterocycles. The summed E-state index contributed by atoms with van der Waals surface area (Å²) in [6.07, 6.45) is 3.58. The Kier molecular flexibility index (Phi) is 6.76. The predicted molar refractivity (Wildman–Crippen MR) is 102 cm³/mol. The van der Waals surface area contributed by atoms with Crippen LogP contribution in [0.3, 0.4) is 0 Å². The van der Waals surface area contributed by atoms with Crippen LogP contribution < -0.4 is 15.8 Å². The van der Waals surface area contributed by atoms with Gasteiger partial charge < -0.3 is 15.8 Å². The van der Waals surface area contributed by atoms with Crippen LogP contribution in [0.5, 0.6) is 5.88 Å². The van der Waals surface area contributed by atoms with Crippen molar-refractivity contribution < 1.29 is 9.53 Å². The fraction of sp³-hybridized carbons (Fsp3) is 0.500. The monoisotopic (exact) mass is 343 g/mol. The van der Waals surface area contributed by atoms with E-state index >= 15 is 0 Å². The largest absolute Gasteiger partial charge is 0.478 e. The summed E-state index contributed by atoms with van der Waals surface area (Å²) >= 11 is 0. The van der Waals surface area contributed by atoms with E-state index in [1.54, 1.807) is 6.07 Å². The number of carbonyl (C=O) groups is 1. The number of nitrogens with zero attached hydrogens (tertiary/aromatic N) is 1. The summed E-state index contributed by atoms with van der Waals surface area (Å²) < 4.78 is 5.74. The molecule has 0 aliphatic heterocycles. The second-order valence-electron chi connectivity index (χ2n) is 6.37. The first-order valence-electron chi connectivity index (χ1n) is 9.14. The first-order chi connectivity index (χ1) is 12.1. The molecule has 1 aromatic carbocycles. The summed E-state index contributed by atoms with van der Waals surface area (Å²) in [6.45, 7) is 7.20. The number of para-hydroxylation sites is 1. The highest BCUT2D eigenvalue weighted by molar-refractivity contribution is 6.06. The number of unbranched alkanes of at least 4 members (excludes halogenated alkanes) is 1. The molecule has 1 amide bonds. The Morgan fingerprint density at radius 1 is 1.24 bits per heavy atom. The summed E-state index contributed by atoms with van der Waals surface area (Å²) in [7, 11) is 0. The number of aromatic nitrogens is 1. The number of pyridine rings is 1. The van der Waals surface area contributed by atoms with Crippen LogP contribution in [0.15, 0.2) is 30.3 Å². The van der Waals surface area contributed by atoms with Gasteiger partial charge in [-0.2, -0.15) is 0 Å². The van der Waals surface area contributed by atoms with Gasteiger partial charge in [0.05, 0.1) is 23.2 Å². The van der Waals surface area contributed by atoms with Gasteiger partial charge in [0.15, 0.2) is 0 Å². The van der Waals surface area contributed by atoms with E-state index in [4.69, 9.17) is 10.5 Å². The first-order valence-corrected chi connectivity index (χ1v) is 9.14.